The van der Waals surface area contributed by atoms with Crippen molar-refractivity contribution in [2.45, 2.75) is 46.1 Å². The van der Waals surface area contributed by atoms with Gasteiger partial charge in [0.05, 0.1) is 5.56 Å². The number of hydrogen-bond acceptors (Lipinski definition) is 1. The number of benzene rings is 1. The molecule has 1 saturated carbocycles. The molecule has 0 bridgehead atoms. The topological polar surface area (TPSA) is 29.1 Å². The number of halogens is 1. The molecule has 1 aliphatic rings. The number of carbonyl (C=O) groups is 1. The normalized spacial score (nSPS) is 21.9. The maximum Gasteiger partial charge on any atom is 0.252 e. The molecule has 1 atom stereocenters. The summed E-state index contributed by atoms with van der Waals surface area (Å²) < 4.78 is 0.864. The average Bonchev–Trinajstić information content (AvgIpc) is 2.61. The lowest BCUT2D eigenvalue weighted by Gasteiger charge is -2.18. The standard InChI is InChI=1S/C15H20BrNO/c1-10-4-5-13(16)12(8-10)14(18)17-11-6-7-15(2,3)9-11/h4-5,8,11H,6-7,9H2,1-3H3,(H,17,18). The molecule has 1 N–H and O–H groups in total. The monoisotopic (exact) mass is 309 g/mol. The second-order valence-electron chi connectivity index (χ2n) is 6.06. The number of aryl methyl sites for hydroxylation is 1. The molecule has 0 saturated heterocycles. The lowest BCUT2D eigenvalue weighted by Crippen LogP contribution is -2.33. The third kappa shape index (κ3) is 3.14. The number of amides is 1. The van der Waals surface area contributed by atoms with E-state index in [0.717, 1.165) is 28.4 Å². The van der Waals surface area contributed by atoms with Crippen molar-refractivity contribution in [1.82, 2.24) is 5.32 Å². The van der Waals surface area contributed by atoms with Crippen molar-refractivity contribution >= 4 is 21.8 Å². The number of rotatable bonds is 2. The Morgan fingerprint density at radius 1 is 1.44 bits per heavy atom. The minimum atomic E-state index is 0.0354. The largest absolute Gasteiger partial charge is 0.349 e. The van der Waals surface area contributed by atoms with Gasteiger partial charge in [0.2, 0.25) is 0 Å². The first-order valence-corrected chi connectivity index (χ1v) is 7.24. The molecule has 0 spiro atoms. The van der Waals surface area contributed by atoms with Crippen LogP contribution in [0.2, 0.25) is 0 Å². The quantitative estimate of drug-likeness (QED) is 0.876. The highest BCUT2D eigenvalue weighted by Gasteiger charge is 2.31. The van der Waals surface area contributed by atoms with Gasteiger partial charge in [0.15, 0.2) is 0 Å². The summed E-state index contributed by atoms with van der Waals surface area (Å²) in [5.74, 6) is 0.0354. The Hall–Kier alpha value is -0.830. The Morgan fingerprint density at radius 3 is 2.78 bits per heavy atom. The molecule has 0 aromatic heterocycles. The van der Waals surface area contributed by atoms with Crippen LogP contribution in [0, 0.1) is 12.3 Å². The van der Waals surface area contributed by atoms with Crippen molar-refractivity contribution in [2.75, 3.05) is 0 Å². The van der Waals surface area contributed by atoms with Crippen LogP contribution in [0.25, 0.3) is 0 Å². The zero-order valence-electron chi connectivity index (χ0n) is 11.2. The van der Waals surface area contributed by atoms with E-state index in [1.165, 1.54) is 6.42 Å². The van der Waals surface area contributed by atoms with Crippen LogP contribution in [0.15, 0.2) is 22.7 Å². The Balaban J connectivity index is 2.06. The number of hydrogen-bond donors (Lipinski definition) is 1. The highest BCUT2D eigenvalue weighted by molar-refractivity contribution is 9.10. The molecule has 98 valence electrons. The van der Waals surface area contributed by atoms with Crippen LogP contribution in [-0.2, 0) is 0 Å². The van der Waals surface area contributed by atoms with Gasteiger partial charge in [-0.25, -0.2) is 0 Å². The van der Waals surface area contributed by atoms with Crippen molar-refractivity contribution in [1.29, 1.82) is 0 Å². The molecule has 2 rings (SSSR count). The van der Waals surface area contributed by atoms with E-state index in [9.17, 15) is 4.79 Å². The van der Waals surface area contributed by atoms with E-state index in [2.05, 4.69) is 35.1 Å². The Morgan fingerprint density at radius 2 is 2.17 bits per heavy atom. The van der Waals surface area contributed by atoms with Crippen molar-refractivity contribution < 1.29 is 4.79 Å². The van der Waals surface area contributed by atoms with Gasteiger partial charge < -0.3 is 5.32 Å². The minimum Gasteiger partial charge on any atom is -0.349 e. The third-order valence-electron chi connectivity index (χ3n) is 3.67. The second kappa shape index (κ2) is 5.04. The Labute approximate surface area is 117 Å². The fourth-order valence-corrected chi connectivity index (χ4v) is 3.06. The van der Waals surface area contributed by atoms with Gasteiger partial charge in [-0.3, -0.25) is 4.79 Å². The van der Waals surface area contributed by atoms with Gasteiger partial charge in [0.25, 0.3) is 5.91 Å². The van der Waals surface area contributed by atoms with Crippen LogP contribution < -0.4 is 5.32 Å². The lowest BCUT2D eigenvalue weighted by molar-refractivity contribution is 0.0935. The predicted molar refractivity (Wildman–Crippen MR) is 77.8 cm³/mol. The van der Waals surface area contributed by atoms with Gasteiger partial charge in [0.1, 0.15) is 0 Å². The summed E-state index contributed by atoms with van der Waals surface area (Å²) in [4.78, 5) is 12.2. The van der Waals surface area contributed by atoms with Gasteiger partial charge in [-0.1, -0.05) is 25.5 Å². The Kier molecular flexibility index (Phi) is 3.81. The number of carbonyl (C=O) groups excluding carboxylic acids is 1. The summed E-state index contributed by atoms with van der Waals surface area (Å²) in [5.41, 5.74) is 2.21. The fraction of sp³-hybridized carbons (Fsp3) is 0.533. The first-order chi connectivity index (χ1) is 8.37. The SMILES string of the molecule is Cc1ccc(Br)c(C(=O)NC2CCC(C)(C)C2)c1. The molecular weight excluding hydrogens is 290 g/mol. The summed E-state index contributed by atoms with van der Waals surface area (Å²) in [7, 11) is 0. The third-order valence-corrected chi connectivity index (χ3v) is 4.36. The van der Waals surface area contributed by atoms with E-state index in [-0.39, 0.29) is 5.91 Å². The summed E-state index contributed by atoms with van der Waals surface area (Å²) in [6.07, 6.45) is 3.34. The molecule has 1 aromatic carbocycles. The van der Waals surface area contributed by atoms with Gasteiger partial charge in [-0.05, 0) is 59.7 Å². The van der Waals surface area contributed by atoms with Crippen LogP contribution in [0.5, 0.6) is 0 Å². The smallest absolute Gasteiger partial charge is 0.252 e. The summed E-state index contributed by atoms with van der Waals surface area (Å²) in [6, 6.07) is 6.18. The number of nitrogens with one attached hydrogen (secondary N) is 1. The highest BCUT2D eigenvalue weighted by Crippen LogP contribution is 2.37. The molecule has 2 nitrogen and oxygen atoms in total. The van der Waals surface area contributed by atoms with E-state index in [1.807, 2.05) is 25.1 Å². The van der Waals surface area contributed by atoms with E-state index in [1.54, 1.807) is 0 Å². The van der Waals surface area contributed by atoms with Crippen molar-refractivity contribution in [3.63, 3.8) is 0 Å². The zero-order chi connectivity index (χ0) is 13.3. The predicted octanol–water partition coefficient (Wildman–Crippen LogP) is 4.07. The Bertz CT molecular complexity index is 468. The van der Waals surface area contributed by atoms with Crippen molar-refractivity contribution in [3.05, 3.63) is 33.8 Å². The van der Waals surface area contributed by atoms with Gasteiger partial charge in [0, 0.05) is 10.5 Å². The van der Waals surface area contributed by atoms with E-state index < -0.39 is 0 Å². The van der Waals surface area contributed by atoms with E-state index in [4.69, 9.17) is 0 Å². The fourth-order valence-electron chi connectivity index (χ4n) is 2.64. The van der Waals surface area contributed by atoms with Crippen molar-refractivity contribution in [3.8, 4) is 0 Å². The lowest BCUT2D eigenvalue weighted by atomic mass is 9.92. The zero-order valence-corrected chi connectivity index (χ0v) is 12.8. The molecule has 1 aliphatic carbocycles. The minimum absolute atomic E-state index is 0.0354. The van der Waals surface area contributed by atoms with Crippen LogP contribution in [-0.4, -0.2) is 11.9 Å². The molecule has 0 aliphatic heterocycles. The molecule has 1 aromatic rings. The molecule has 1 fully saturated rings. The van der Waals surface area contributed by atoms with Gasteiger partial charge in [-0.15, -0.1) is 0 Å². The molecule has 3 heteroatoms. The first-order valence-electron chi connectivity index (χ1n) is 6.44. The van der Waals surface area contributed by atoms with Crippen molar-refractivity contribution in [2.24, 2.45) is 5.41 Å². The summed E-state index contributed by atoms with van der Waals surface area (Å²) >= 11 is 3.44. The molecular formula is C15H20BrNO. The molecule has 18 heavy (non-hydrogen) atoms. The van der Waals surface area contributed by atoms with E-state index in [0.29, 0.717) is 11.5 Å². The van der Waals surface area contributed by atoms with Gasteiger partial charge >= 0.3 is 0 Å². The molecule has 1 amide bonds. The maximum atomic E-state index is 12.2. The van der Waals surface area contributed by atoms with Crippen LogP contribution in [0.4, 0.5) is 0 Å². The summed E-state index contributed by atoms with van der Waals surface area (Å²) in [6.45, 7) is 6.53. The molecule has 0 radical (unpaired) electrons. The average molecular weight is 310 g/mol. The maximum absolute atomic E-state index is 12.2. The highest BCUT2D eigenvalue weighted by atomic mass is 79.9. The molecule has 0 heterocycles. The first kappa shape index (κ1) is 13.6. The van der Waals surface area contributed by atoms with E-state index >= 15 is 0 Å². The van der Waals surface area contributed by atoms with Crippen LogP contribution in [0.1, 0.15) is 49.0 Å². The second-order valence-corrected chi connectivity index (χ2v) is 6.92. The van der Waals surface area contributed by atoms with Crippen LogP contribution in [0.3, 0.4) is 0 Å². The van der Waals surface area contributed by atoms with Gasteiger partial charge in [-0.2, -0.15) is 0 Å². The molecule has 1 unspecified atom stereocenters. The van der Waals surface area contributed by atoms with Crippen LogP contribution >= 0.6 is 15.9 Å². The summed E-state index contributed by atoms with van der Waals surface area (Å²) in [5, 5.41) is 3.15.